The first-order valence-corrected chi connectivity index (χ1v) is 5.56. The lowest BCUT2D eigenvalue weighted by molar-refractivity contribution is 0.0992. The number of hydrogen-bond acceptors (Lipinski definition) is 2. The van der Waals surface area contributed by atoms with Gasteiger partial charge in [-0.1, -0.05) is 6.92 Å². The predicted octanol–water partition coefficient (Wildman–Crippen LogP) is 1.70. The number of epoxide rings is 1. The molecule has 0 aromatic rings. The van der Waals surface area contributed by atoms with Crippen molar-refractivity contribution in [2.24, 2.45) is 5.41 Å². The topological polar surface area (TPSA) is 24.6 Å². The molecule has 0 aromatic heterocycles. The van der Waals surface area contributed by atoms with Gasteiger partial charge in [0.25, 0.3) is 0 Å². The molecule has 0 amide bonds. The Bertz CT molecular complexity index is 236. The molecule has 1 N–H and O–H groups in total. The minimum Gasteiger partial charge on any atom is -0.366 e. The fourth-order valence-electron chi connectivity index (χ4n) is 3.59. The summed E-state index contributed by atoms with van der Waals surface area (Å²) in [6.07, 6.45) is 5.79. The van der Waals surface area contributed by atoms with Gasteiger partial charge in [-0.3, -0.25) is 0 Å². The number of ether oxygens (including phenoxy) is 1. The van der Waals surface area contributed by atoms with Crippen LogP contribution in [0.2, 0.25) is 0 Å². The standard InChI is InChI=1S/C11H19NO/c1-10-5-3-7-12-8(10)4-6-11(2)9(10)13-11/h8-9,12H,3-7H2,1-2H3/t8-,9+,10-,11-/m1/s1. The first kappa shape index (κ1) is 8.25. The van der Waals surface area contributed by atoms with Crippen LogP contribution in [0.4, 0.5) is 0 Å². The molecular formula is C11H19NO. The quantitative estimate of drug-likeness (QED) is 0.575. The third-order valence-corrected chi connectivity index (χ3v) is 4.49. The molecule has 3 rings (SSSR count). The zero-order valence-electron chi connectivity index (χ0n) is 8.60. The van der Waals surface area contributed by atoms with Crippen molar-refractivity contribution in [2.45, 2.75) is 57.3 Å². The van der Waals surface area contributed by atoms with Gasteiger partial charge in [-0.15, -0.1) is 0 Å². The number of hydrogen-bond donors (Lipinski definition) is 1. The Morgan fingerprint density at radius 2 is 2.15 bits per heavy atom. The van der Waals surface area contributed by atoms with Crippen molar-refractivity contribution < 1.29 is 4.74 Å². The summed E-state index contributed by atoms with van der Waals surface area (Å²) >= 11 is 0. The summed E-state index contributed by atoms with van der Waals surface area (Å²) < 4.78 is 5.90. The van der Waals surface area contributed by atoms with Crippen LogP contribution in [0.5, 0.6) is 0 Å². The van der Waals surface area contributed by atoms with E-state index in [1.165, 1.54) is 32.2 Å². The highest BCUT2D eigenvalue weighted by atomic mass is 16.6. The molecule has 1 aliphatic carbocycles. The average molecular weight is 181 g/mol. The molecule has 2 nitrogen and oxygen atoms in total. The number of piperidine rings is 1. The van der Waals surface area contributed by atoms with Gasteiger partial charge in [0.15, 0.2) is 0 Å². The molecule has 3 aliphatic rings. The minimum absolute atomic E-state index is 0.254. The van der Waals surface area contributed by atoms with Crippen molar-refractivity contribution in [1.29, 1.82) is 0 Å². The number of rotatable bonds is 0. The summed E-state index contributed by atoms with van der Waals surface area (Å²) in [4.78, 5) is 0. The molecule has 2 heterocycles. The Morgan fingerprint density at radius 1 is 1.31 bits per heavy atom. The second-order valence-electron chi connectivity index (χ2n) is 5.47. The lowest BCUT2D eigenvalue weighted by atomic mass is 9.64. The van der Waals surface area contributed by atoms with Crippen molar-refractivity contribution in [2.75, 3.05) is 6.54 Å². The zero-order chi connectivity index (χ0) is 9.10. The number of nitrogens with one attached hydrogen (secondary N) is 1. The molecule has 1 saturated carbocycles. The van der Waals surface area contributed by atoms with E-state index in [0.29, 0.717) is 11.5 Å². The molecule has 0 bridgehead atoms. The molecule has 2 heteroatoms. The predicted molar refractivity (Wildman–Crippen MR) is 51.6 cm³/mol. The van der Waals surface area contributed by atoms with Crippen molar-refractivity contribution >= 4 is 0 Å². The molecule has 0 unspecified atom stereocenters. The second kappa shape index (κ2) is 2.29. The van der Waals surface area contributed by atoms with Gasteiger partial charge < -0.3 is 10.1 Å². The minimum atomic E-state index is 0.254. The Hall–Kier alpha value is -0.0800. The largest absolute Gasteiger partial charge is 0.366 e. The van der Waals surface area contributed by atoms with E-state index in [1.807, 2.05) is 0 Å². The Balaban J connectivity index is 1.89. The molecule has 4 atom stereocenters. The maximum absolute atomic E-state index is 5.90. The lowest BCUT2D eigenvalue weighted by Crippen LogP contribution is -2.55. The summed E-state index contributed by atoms with van der Waals surface area (Å²) in [5.74, 6) is 0. The van der Waals surface area contributed by atoms with E-state index < -0.39 is 0 Å². The summed E-state index contributed by atoms with van der Waals surface area (Å²) in [5.41, 5.74) is 0.690. The molecule has 2 aliphatic heterocycles. The molecule has 3 fully saturated rings. The van der Waals surface area contributed by atoms with Crippen molar-refractivity contribution in [3.63, 3.8) is 0 Å². The molecule has 74 valence electrons. The van der Waals surface area contributed by atoms with Crippen LogP contribution < -0.4 is 5.32 Å². The van der Waals surface area contributed by atoms with Crippen LogP contribution in [0.3, 0.4) is 0 Å². The van der Waals surface area contributed by atoms with Gasteiger partial charge in [-0.05, 0) is 39.2 Å². The highest BCUT2D eigenvalue weighted by Crippen LogP contribution is 2.58. The van der Waals surface area contributed by atoms with Gasteiger partial charge in [0, 0.05) is 11.5 Å². The van der Waals surface area contributed by atoms with Crippen LogP contribution in [0.15, 0.2) is 0 Å². The van der Waals surface area contributed by atoms with Gasteiger partial charge >= 0.3 is 0 Å². The monoisotopic (exact) mass is 181 g/mol. The van der Waals surface area contributed by atoms with Crippen LogP contribution in [0.25, 0.3) is 0 Å². The lowest BCUT2D eigenvalue weighted by Gasteiger charge is -2.45. The van der Waals surface area contributed by atoms with E-state index in [9.17, 15) is 0 Å². The Labute approximate surface area is 80.0 Å². The average Bonchev–Trinajstić information content (AvgIpc) is 2.79. The smallest absolute Gasteiger partial charge is 0.0939 e. The van der Waals surface area contributed by atoms with E-state index in [-0.39, 0.29) is 5.60 Å². The van der Waals surface area contributed by atoms with E-state index >= 15 is 0 Å². The fraction of sp³-hybridized carbons (Fsp3) is 1.00. The zero-order valence-corrected chi connectivity index (χ0v) is 8.60. The maximum Gasteiger partial charge on any atom is 0.0939 e. The van der Waals surface area contributed by atoms with Crippen molar-refractivity contribution in [1.82, 2.24) is 5.32 Å². The van der Waals surface area contributed by atoms with Crippen LogP contribution in [-0.2, 0) is 4.74 Å². The number of fused-ring (bicyclic) bond motifs is 3. The van der Waals surface area contributed by atoms with E-state index in [0.717, 1.165) is 6.04 Å². The first-order chi connectivity index (χ1) is 6.15. The summed E-state index contributed by atoms with van der Waals surface area (Å²) in [7, 11) is 0. The normalized spacial score (nSPS) is 59.5. The highest BCUT2D eigenvalue weighted by molar-refractivity contribution is 5.16. The van der Waals surface area contributed by atoms with Crippen molar-refractivity contribution in [3.05, 3.63) is 0 Å². The van der Waals surface area contributed by atoms with E-state index in [4.69, 9.17) is 4.74 Å². The Morgan fingerprint density at radius 3 is 3.00 bits per heavy atom. The Kier molecular flexibility index (Phi) is 1.45. The summed E-state index contributed by atoms with van der Waals surface area (Å²) in [6, 6.07) is 0.724. The third-order valence-electron chi connectivity index (χ3n) is 4.49. The van der Waals surface area contributed by atoms with Crippen molar-refractivity contribution in [3.8, 4) is 0 Å². The summed E-state index contributed by atoms with van der Waals surface area (Å²) in [6.45, 7) is 5.91. The molecule has 2 saturated heterocycles. The van der Waals surface area contributed by atoms with Crippen LogP contribution >= 0.6 is 0 Å². The third kappa shape index (κ3) is 0.962. The fourth-order valence-corrected chi connectivity index (χ4v) is 3.59. The van der Waals surface area contributed by atoms with Gasteiger partial charge in [-0.25, -0.2) is 0 Å². The molecule has 0 radical (unpaired) electrons. The second-order valence-corrected chi connectivity index (χ2v) is 5.47. The van der Waals surface area contributed by atoms with Gasteiger partial charge in [0.1, 0.15) is 0 Å². The highest BCUT2D eigenvalue weighted by Gasteiger charge is 2.66. The van der Waals surface area contributed by atoms with E-state index in [1.54, 1.807) is 0 Å². The van der Waals surface area contributed by atoms with Crippen LogP contribution in [0, 0.1) is 5.41 Å². The maximum atomic E-state index is 5.90. The van der Waals surface area contributed by atoms with Crippen LogP contribution in [0.1, 0.15) is 39.5 Å². The molecular weight excluding hydrogens is 162 g/mol. The molecule has 0 spiro atoms. The molecule has 0 aromatic carbocycles. The van der Waals surface area contributed by atoms with Gasteiger partial charge in [0.2, 0.25) is 0 Å². The first-order valence-electron chi connectivity index (χ1n) is 5.56. The van der Waals surface area contributed by atoms with Gasteiger partial charge in [-0.2, -0.15) is 0 Å². The summed E-state index contributed by atoms with van der Waals surface area (Å²) in [5, 5.41) is 3.66. The molecule has 13 heavy (non-hydrogen) atoms. The van der Waals surface area contributed by atoms with Crippen LogP contribution in [-0.4, -0.2) is 24.3 Å². The van der Waals surface area contributed by atoms with E-state index in [2.05, 4.69) is 19.2 Å². The SMILES string of the molecule is C[C@@]12CCCN[C@@H]1CC[C@@]1(C)O[C@@H]21. The van der Waals surface area contributed by atoms with Gasteiger partial charge in [0.05, 0.1) is 11.7 Å².